The third-order valence-corrected chi connectivity index (χ3v) is 8.58. The number of rotatable bonds is 7. The first-order chi connectivity index (χ1) is 8.06. The summed E-state index contributed by atoms with van der Waals surface area (Å²) in [5.41, 5.74) is 0. The van der Waals surface area contributed by atoms with Gasteiger partial charge in [-0.2, -0.15) is 0 Å². The zero-order valence-electron chi connectivity index (χ0n) is 13.2. The van der Waals surface area contributed by atoms with Crippen LogP contribution >= 0.6 is 0 Å². The van der Waals surface area contributed by atoms with E-state index in [1.807, 2.05) is 6.92 Å². The van der Waals surface area contributed by atoms with Gasteiger partial charge in [-0.15, -0.1) is 0 Å². The van der Waals surface area contributed by atoms with E-state index in [2.05, 4.69) is 40.8 Å². The van der Waals surface area contributed by atoms with E-state index in [-0.39, 0.29) is 23.0 Å². The lowest BCUT2D eigenvalue weighted by Crippen LogP contribution is -2.43. The molecule has 4 heteroatoms. The second-order valence-electron chi connectivity index (χ2n) is 6.74. The third kappa shape index (κ3) is 4.82. The van der Waals surface area contributed by atoms with Gasteiger partial charge in [0.05, 0.1) is 6.10 Å². The van der Waals surface area contributed by atoms with Crippen molar-refractivity contribution in [3.8, 4) is 0 Å². The molecule has 0 radical (unpaired) electrons. The van der Waals surface area contributed by atoms with Crippen LogP contribution in [0.1, 0.15) is 34.6 Å². The zero-order chi connectivity index (χ0) is 14.6. The van der Waals surface area contributed by atoms with Crippen molar-refractivity contribution in [3.05, 3.63) is 0 Å². The van der Waals surface area contributed by atoms with Crippen molar-refractivity contribution in [1.82, 2.24) is 0 Å². The molecule has 18 heavy (non-hydrogen) atoms. The molecule has 0 saturated heterocycles. The summed E-state index contributed by atoms with van der Waals surface area (Å²) >= 11 is 0. The summed E-state index contributed by atoms with van der Waals surface area (Å²) < 4.78 is 11.6. The summed E-state index contributed by atoms with van der Waals surface area (Å²) in [4.78, 5) is 10.9. The molecule has 0 amide bonds. The van der Waals surface area contributed by atoms with E-state index >= 15 is 0 Å². The predicted molar refractivity (Wildman–Crippen MR) is 78.3 cm³/mol. The molecular weight excluding hydrogens is 244 g/mol. The van der Waals surface area contributed by atoms with Crippen molar-refractivity contribution in [2.24, 2.45) is 11.8 Å². The number of hydrogen-bond donors (Lipinski definition) is 0. The topological polar surface area (TPSA) is 35.5 Å². The van der Waals surface area contributed by atoms with Crippen LogP contribution in [0, 0.1) is 11.8 Å². The summed E-state index contributed by atoms with van der Waals surface area (Å²) in [6.45, 7) is 15.8. The Labute approximate surface area is 113 Å². The number of hydrogen-bond acceptors (Lipinski definition) is 3. The smallest absolute Gasteiger partial charge is 0.191 e. The minimum Gasteiger partial charge on any atom is -0.416 e. The molecule has 0 heterocycles. The fourth-order valence-electron chi connectivity index (χ4n) is 1.69. The molecule has 0 spiro atoms. The molecule has 0 aromatic carbocycles. The predicted octanol–water partition coefficient (Wildman–Crippen LogP) is 3.49. The van der Waals surface area contributed by atoms with E-state index in [9.17, 15) is 4.79 Å². The van der Waals surface area contributed by atoms with E-state index in [1.54, 1.807) is 7.11 Å². The Bertz CT molecular complexity index is 258. The highest BCUT2D eigenvalue weighted by Gasteiger charge is 2.38. The molecule has 0 saturated carbocycles. The third-order valence-electron chi connectivity index (χ3n) is 4.08. The van der Waals surface area contributed by atoms with Crippen LogP contribution in [0.15, 0.2) is 0 Å². The lowest BCUT2D eigenvalue weighted by Gasteiger charge is -2.38. The van der Waals surface area contributed by atoms with Gasteiger partial charge < -0.3 is 14.0 Å². The van der Waals surface area contributed by atoms with Gasteiger partial charge in [-0.25, -0.2) is 0 Å². The molecule has 0 N–H and O–H groups in total. The van der Waals surface area contributed by atoms with Crippen molar-refractivity contribution in [2.75, 3.05) is 13.7 Å². The number of carbonyl (C=O) groups is 1. The van der Waals surface area contributed by atoms with Crippen LogP contribution in [0.5, 0.6) is 0 Å². The van der Waals surface area contributed by atoms with E-state index in [0.29, 0.717) is 6.61 Å². The Morgan fingerprint density at radius 2 is 1.72 bits per heavy atom. The minimum atomic E-state index is -1.72. The summed E-state index contributed by atoms with van der Waals surface area (Å²) in [5, 5.41) is 0.214. The normalized spacial score (nSPS) is 18.2. The molecule has 0 bridgehead atoms. The molecular formula is C14H30O3Si. The van der Waals surface area contributed by atoms with Gasteiger partial charge in [0, 0.05) is 25.6 Å². The average Bonchev–Trinajstić information content (AvgIpc) is 2.25. The molecule has 0 fully saturated rings. The van der Waals surface area contributed by atoms with Crippen LogP contribution in [-0.4, -0.2) is 34.4 Å². The van der Waals surface area contributed by atoms with Gasteiger partial charge in [-0.3, -0.25) is 0 Å². The van der Waals surface area contributed by atoms with Crippen LogP contribution < -0.4 is 0 Å². The summed E-state index contributed by atoms with van der Waals surface area (Å²) in [6, 6.07) is 0. The molecule has 0 aliphatic rings. The number of aldehydes is 1. The first-order valence-electron chi connectivity index (χ1n) is 6.69. The Morgan fingerprint density at radius 1 is 1.22 bits per heavy atom. The van der Waals surface area contributed by atoms with Crippen molar-refractivity contribution in [1.29, 1.82) is 0 Å². The molecule has 3 nitrogen and oxygen atoms in total. The quantitative estimate of drug-likeness (QED) is 0.526. The fourth-order valence-corrected chi connectivity index (χ4v) is 2.81. The molecule has 3 atom stereocenters. The monoisotopic (exact) mass is 274 g/mol. The van der Waals surface area contributed by atoms with Gasteiger partial charge in [-0.1, -0.05) is 34.6 Å². The second-order valence-corrected chi connectivity index (χ2v) is 11.6. The average molecular weight is 274 g/mol. The molecule has 0 unspecified atom stereocenters. The van der Waals surface area contributed by atoms with Crippen molar-refractivity contribution >= 4 is 14.6 Å². The number of ether oxygens (including phenoxy) is 1. The summed E-state index contributed by atoms with van der Waals surface area (Å²) in [6.07, 6.45) is 0.893. The van der Waals surface area contributed by atoms with Gasteiger partial charge in [0.25, 0.3) is 0 Å². The van der Waals surface area contributed by atoms with E-state index in [4.69, 9.17) is 9.16 Å². The first-order valence-corrected chi connectivity index (χ1v) is 9.59. The maximum atomic E-state index is 10.9. The molecule has 0 aliphatic heterocycles. The van der Waals surface area contributed by atoms with Crippen molar-refractivity contribution in [3.63, 3.8) is 0 Å². The molecule has 0 rings (SSSR count). The Morgan fingerprint density at radius 3 is 2.06 bits per heavy atom. The standard InChI is InChI=1S/C14H30O3Si/c1-11(9-15)13(16-6)12(2)10-17-18(7,8)14(3,4)5/h9,11-13H,10H2,1-8H3/t11-,12+,13-/m0/s1. The summed E-state index contributed by atoms with van der Waals surface area (Å²) in [7, 11) is -0.0549. The van der Waals surface area contributed by atoms with Crippen LogP contribution in [0.3, 0.4) is 0 Å². The summed E-state index contributed by atoms with van der Waals surface area (Å²) in [5.74, 6) is 0.136. The maximum Gasteiger partial charge on any atom is 0.191 e. The van der Waals surface area contributed by atoms with Crippen LogP contribution in [0.4, 0.5) is 0 Å². The lowest BCUT2D eigenvalue weighted by atomic mass is 9.95. The van der Waals surface area contributed by atoms with Gasteiger partial charge >= 0.3 is 0 Å². The Hall–Kier alpha value is -0.193. The highest BCUT2D eigenvalue weighted by atomic mass is 28.4. The van der Waals surface area contributed by atoms with Gasteiger partial charge in [0.2, 0.25) is 0 Å². The van der Waals surface area contributed by atoms with E-state index in [1.165, 1.54) is 0 Å². The van der Waals surface area contributed by atoms with Crippen LogP contribution in [0.25, 0.3) is 0 Å². The molecule has 0 aromatic heterocycles. The van der Waals surface area contributed by atoms with Crippen LogP contribution in [0.2, 0.25) is 18.1 Å². The van der Waals surface area contributed by atoms with Crippen LogP contribution in [-0.2, 0) is 14.0 Å². The van der Waals surface area contributed by atoms with Crippen molar-refractivity contribution in [2.45, 2.75) is 58.9 Å². The van der Waals surface area contributed by atoms with Gasteiger partial charge in [-0.05, 0) is 18.1 Å². The van der Waals surface area contributed by atoms with Gasteiger partial charge in [0.15, 0.2) is 8.32 Å². The lowest BCUT2D eigenvalue weighted by molar-refractivity contribution is -0.116. The zero-order valence-corrected chi connectivity index (χ0v) is 14.2. The highest BCUT2D eigenvalue weighted by Crippen LogP contribution is 2.37. The number of methoxy groups -OCH3 is 1. The SMILES string of the molecule is CO[C@H]([C@H](C)CO[Si](C)(C)C(C)(C)C)[C@@H](C)C=O. The second kappa shape index (κ2) is 6.82. The molecule has 0 aliphatic carbocycles. The Kier molecular flexibility index (Phi) is 6.75. The largest absolute Gasteiger partial charge is 0.416 e. The van der Waals surface area contributed by atoms with Crippen molar-refractivity contribution < 1.29 is 14.0 Å². The number of carbonyl (C=O) groups excluding carboxylic acids is 1. The fraction of sp³-hybridized carbons (Fsp3) is 0.929. The Balaban J connectivity index is 4.49. The van der Waals surface area contributed by atoms with E-state index in [0.717, 1.165) is 6.29 Å². The minimum absolute atomic E-state index is 0.0627. The van der Waals surface area contributed by atoms with Gasteiger partial charge in [0.1, 0.15) is 6.29 Å². The molecule has 0 aromatic rings. The highest BCUT2D eigenvalue weighted by molar-refractivity contribution is 6.74. The van der Waals surface area contributed by atoms with E-state index < -0.39 is 8.32 Å². The first kappa shape index (κ1) is 17.8. The molecule has 108 valence electrons. The maximum absolute atomic E-state index is 10.9.